The van der Waals surface area contributed by atoms with Crippen LogP contribution in [0.2, 0.25) is 0 Å². The highest BCUT2D eigenvalue weighted by atomic mass is 16.2. The van der Waals surface area contributed by atoms with Crippen LogP contribution in [0, 0.1) is 6.92 Å². The molecule has 41 valence electrons. The summed E-state index contributed by atoms with van der Waals surface area (Å²) < 4.78 is 0. The van der Waals surface area contributed by atoms with E-state index in [-0.39, 0.29) is 6.61 Å². The zero-order chi connectivity index (χ0) is 5.54. The molecule has 0 aromatic carbocycles. The highest BCUT2D eigenvalue weighted by molar-refractivity contribution is 4.81. The van der Waals surface area contributed by atoms with Crippen molar-refractivity contribution in [3.8, 4) is 0 Å². The predicted octanol–water partition coefficient (Wildman–Crippen LogP) is 1.15. The first-order valence-corrected chi connectivity index (χ1v) is 2.47. The maximum atomic E-state index is 8.22. The third kappa shape index (κ3) is 5.70. The van der Waals surface area contributed by atoms with Gasteiger partial charge in [-0.1, -0.05) is 12.2 Å². The molecule has 0 amide bonds. The van der Waals surface area contributed by atoms with Gasteiger partial charge in [0, 0.05) is 6.61 Å². The van der Waals surface area contributed by atoms with Gasteiger partial charge in [0.05, 0.1) is 0 Å². The summed E-state index contributed by atoms with van der Waals surface area (Å²) in [6.07, 6.45) is 5.44. The molecule has 0 saturated heterocycles. The van der Waals surface area contributed by atoms with Crippen LogP contribution >= 0.6 is 0 Å². The van der Waals surface area contributed by atoms with Crippen molar-refractivity contribution in [1.29, 1.82) is 0 Å². The summed E-state index contributed by atoms with van der Waals surface area (Å²) in [7, 11) is 0. The monoisotopic (exact) mass is 99.1 g/mol. The molecule has 0 bridgehead atoms. The van der Waals surface area contributed by atoms with Crippen LogP contribution in [0.1, 0.15) is 12.8 Å². The van der Waals surface area contributed by atoms with Crippen LogP contribution in [-0.2, 0) is 0 Å². The van der Waals surface area contributed by atoms with Crippen molar-refractivity contribution in [3.63, 3.8) is 0 Å². The fourth-order valence-electron chi connectivity index (χ4n) is 0.310. The van der Waals surface area contributed by atoms with Gasteiger partial charge >= 0.3 is 0 Å². The first kappa shape index (κ1) is 6.70. The molecule has 0 aromatic rings. The van der Waals surface area contributed by atoms with E-state index < -0.39 is 0 Å². The van der Waals surface area contributed by atoms with Gasteiger partial charge in [-0.15, -0.1) is 0 Å². The summed E-state index contributed by atoms with van der Waals surface area (Å²) in [4.78, 5) is 0. The van der Waals surface area contributed by atoms with Gasteiger partial charge in [-0.2, -0.15) is 0 Å². The van der Waals surface area contributed by atoms with E-state index in [0.29, 0.717) is 0 Å². The van der Waals surface area contributed by atoms with Gasteiger partial charge < -0.3 is 5.11 Å². The number of aliphatic hydroxyl groups is 1. The topological polar surface area (TPSA) is 20.2 Å². The molecule has 0 saturated carbocycles. The number of hydrogen-bond acceptors (Lipinski definition) is 1. The molecule has 0 spiro atoms. The summed E-state index contributed by atoms with van der Waals surface area (Å²) in [6, 6.07) is 0. The van der Waals surface area contributed by atoms with E-state index in [4.69, 9.17) is 5.11 Å². The maximum absolute atomic E-state index is 8.22. The Morgan fingerprint density at radius 3 is 2.57 bits per heavy atom. The fourth-order valence-corrected chi connectivity index (χ4v) is 0.310. The Bertz CT molecular complexity index is 48.1. The average Bonchev–Trinajstić information content (AvgIpc) is 1.69. The molecule has 0 unspecified atom stereocenters. The standard InChI is InChI=1S/C6H11O/c1-2-3-4-5-6-7/h3-4,7H,1-2,5-6H2/b4-3-. The molecular weight excluding hydrogens is 88.1 g/mol. The van der Waals surface area contributed by atoms with Gasteiger partial charge in [0.1, 0.15) is 0 Å². The second-order valence-corrected chi connectivity index (χ2v) is 1.27. The number of aliphatic hydroxyl groups excluding tert-OH is 1. The fraction of sp³-hybridized carbons (Fsp3) is 0.500. The van der Waals surface area contributed by atoms with Gasteiger partial charge in [-0.3, -0.25) is 0 Å². The molecule has 0 heterocycles. The van der Waals surface area contributed by atoms with E-state index in [1.54, 1.807) is 0 Å². The minimum atomic E-state index is 0.247. The van der Waals surface area contributed by atoms with E-state index in [9.17, 15) is 0 Å². The van der Waals surface area contributed by atoms with Crippen molar-refractivity contribution >= 4 is 0 Å². The molecular formula is C6H11O. The van der Waals surface area contributed by atoms with Gasteiger partial charge in [-0.25, -0.2) is 0 Å². The van der Waals surface area contributed by atoms with E-state index in [2.05, 4.69) is 6.92 Å². The van der Waals surface area contributed by atoms with Crippen LogP contribution in [0.3, 0.4) is 0 Å². The Kier molecular flexibility index (Phi) is 5.46. The van der Waals surface area contributed by atoms with E-state index in [1.165, 1.54) is 0 Å². The van der Waals surface area contributed by atoms with Crippen LogP contribution in [0.25, 0.3) is 0 Å². The zero-order valence-corrected chi connectivity index (χ0v) is 4.43. The van der Waals surface area contributed by atoms with Crippen LogP contribution in [-0.4, -0.2) is 11.7 Å². The smallest absolute Gasteiger partial charge is 0.0465 e. The minimum absolute atomic E-state index is 0.247. The van der Waals surface area contributed by atoms with Crippen LogP contribution in [0.4, 0.5) is 0 Å². The molecule has 0 atom stereocenters. The summed E-state index contributed by atoms with van der Waals surface area (Å²) in [5, 5.41) is 8.22. The van der Waals surface area contributed by atoms with Gasteiger partial charge in [0.15, 0.2) is 0 Å². The molecule has 7 heavy (non-hydrogen) atoms. The van der Waals surface area contributed by atoms with Crippen molar-refractivity contribution in [2.24, 2.45) is 0 Å². The largest absolute Gasteiger partial charge is 0.396 e. The normalized spacial score (nSPS) is 10.6. The molecule has 0 aliphatic rings. The van der Waals surface area contributed by atoms with Crippen molar-refractivity contribution < 1.29 is 5.11 Å². The van der Waals surface area contributed by atoms with Crippen molar-refractivity contribution in [2.45, 2.75) is 12.8 Å². The lowest BCUT2D eigenvalue weighted by Crippen LogP contribution is -1.73. The van der Waals surface area contributed by atoms with Crippen molar-refractivity contribution in [3.05, 3.63) is 19.1 Å². The summed E-state index contributed by atoms with van der Waals surface area (Å²) in [5.74, 6) is 0. The minimum Gasteiger partial charge on any atom is -0.396 e. The molecule has 0 aliphatic carbocycles. The second kappa shape index (κ2) is 5.70. The quantitative estimate of drug-likeness (QED) is 0.526. The van der Waals surface area contributed by atoms with Gasteiger partial charge in [0.2, 0.25) is 0 Å². The highest BCUT2D eigenvalue weighted by Crippen LogP contribution is 1.82. The third-order valence-corrected chi connectivity index (χ3v) is 0.629. The third-order valence-electron chi connectivity index (χ3n) is 0.629. The number of hydrogen-bond donors (Lipinski definition) is 1. The summed E-state index contributed by atoms with van der Waals surface area (Å²) in [5.41, 5.74) is 0. The molecule has 1 radical (unpaired) electrons. The molecule has 1 heteroatoms. The van der Waals surface area contributed by atoms with Gasteiger partial charge in [0.25, 0.3) is 0 Å². The van der Waals surface area contributed by atoms with Gasteiger partial charge in [-0.05, 0) is 19.8 Å². The Hall–Kier alpha value is -0.300. The number of allylic oxidation sites excluding steroid dienone is 1. The molecule has 0 fully saturated rings. The summed E-state index contributed by atoms with van der Waals surface area (Å²) >= 11 is 0. The Morgan fingerprint density at radius 1 is 1.43 bits per heavy atom. The molecule has 0 aromatic heterocycles. The van der Waals surface area contributed by atoms with Crippen molar-refractivity contribution in [2.75, 3.05) is 6.61 Å². The molecule has 0 aliphatic heterocycles. The SMILES string of the molecule is [CH2]C/C=C\CCO. The average molecular weight is 99.2 g/mol. The maximum Gasteiger partial charge on any atom is 0.0465 e. The Labute approximate surface area is 44.7 Å². The van der Waals surface area contributed by atoms with E-state index >= 15 is 0 Å². The lowest BCUT2D eigenvalue weighted by Gasteiger charge is -1.79. The molecule has 1 nitrogen and oxygen atoms in total. The van der Waals surface area contributed by atoms with E-state index in [0.717, 1.165) is 12.8 Å². The predicted molar refractivity (Wildman–Crippen MR) is 30.8 cm³/mol. The lowest BCUT2D eigenvalue weighted by atomic mass is 10.3. The van der Waals surface area contributed by atoms with Crippen LogP contribution in [0.15, 0.2) is 12.2 Å². The van der Waals surface area contributed by atoms with Crippen LogP contribution < -0.4 is 0 Å². The Balaban J connectivity index is 2.78. The lowest BCUT2D eigenvalue weighted by molar-refractivity contribution is 0.302. The summed E-state index contributed by atoms with van der Waals surface area (Å²) in [6.45, 7) is 3.84. The second-order valence-electron chi connectivity index (χ2n) is 1.27. The molecule has 0 rings (SSSR count). The highest BCUT2D eigenvalue weighted by Gasteiger charge is 1.69. The number of rotatable bonds is 3. The van der Waals surface area contributed by atoms with Crippen molar-refractivity contribution in [1.82, 2.24) is 0 Å². The first-order chi connectivity index (χ1) is 3.41. The first-order valence-electron chi connectivity index (χ1n) is 2.47. The Morgan fingerprint density at radius 2 is 2.14 bits per heavy atom. The van der Waals surface area contributed by atoms with E-state index in [1.807, 2.05) is 12.2 Å². The van der Waals surface area contributed by atoms with Crippen LogP contribution in [0.5, 0.6) is 0 Å². The molecule has 1 N–H and O–H groups in total. The zero-order valence-electron chi connectivity index (χ0n) is 4.43.